The van der Waals surface area contributed by atoms with Gasteiger partial charge in [0.1, 0.15) is 11.9 Å². The average Bonchev–Trinajstić information content (AvgIpc) is 2.42. The largest absolute Gasteiger partial charge is 0.497 e. The quantitative estimate of drug-likeness (QED) is 0.851. The van der Waals surface area contributed by atoms with Crippen LogP contribution in [0.2, 0.25) is 0 Å². The normalized spacial score (nSPS) is 17.3. The highest BCUT2D eigenvalue weighted by atomic mass is 31.2. The predicted octanol–water partition coefficient (Wildman–Crippen LogP) is 4.08. The second-order valence-electron chi connectivity index (χ2n) is 6.47. The first-order valence-corrected chi connectivity index (χ1v) is 10.5. The van der Waals surface area contributed by atoms with Crippen LogP contribution in [0, 0.1) is 13.8 Å². The zero-order valence-corrected chi connectivity index (χ0v) is 14.6. The molecule has 0 bridgehead atoms. The van der Waals surface area contributed by atoms with Gasteiger partial charge in [0, 0.05) is 19.6 Å². The van der Waals surface area contributed by atoms with E-state index in [9.17, 15) is 4.79 Å². The standard InChI is InChI=1S/C17H26NO2P/c1-13-10-15(20-3)11-14(2)17(13)18-16(19)12-21(4)8-6-5-7-9-21/h10-11H,5-9,12H2,1-4H3/p+1. The highest BCUT2D eigenvalue weighted by molar-refractivity contribution is 7.76. The topological polar surface area (TPSA) is 38.3 Å². The van der Waals surface area contributed by atoms with E-state index in [0.717, 1.165) is 28.7 Å². The molecule has 0 aromatic heterocycles. The molecule has 1 aromatic carbocycles. The Labute approximate surface area is 128 Å². The first-order chi connectivity index (χ1) is 9.93. The summed E-state index contributed by atoms with van der Waals surface area (Å²) in [6.45, 7) is 6.39. The number of rotatable bonds is 4. The molecule has 0 atom stereocenters. The number of hydrogen-bond acceptors (Lipinski definition) is 2. The monoisotopic (exact) mass is 308 g/mol. The van der Waals surface area contributed by atoms with E-state index in [1.54, 1.807) is 7.11 Å². The molecule has 0 spiro atoms. The molecule has 1 aliphatic heterocycles. The van der Waals surface area contributed by atoms with Crippen molar-refractivity contribution < 1.29 is 9.53 Å². The molecule has 3 nitrogen and oxygen atoms in total. The van der Waals surface area contributed by atoms with Crippen LogP contribution in [0.5, 0.6) is 5.75 Å². The number of methoxy groups -OCH3 is 1. The molecule has 1 aliphatic rings. The summed E-state index contributed by atoms with van der Waals surface area (Å²) in [5, 5.41) is 3.14. The van der Waals surface area contributed by atoms with Gasteiger partial charge in [-0.15, -0.1) is 0 Å². The van der Waals surface area contributed by atoms with Crippen LogP contribution in [0.25, 0.3) is 0 Å². The number of carbonyl (C=O) groups is 1. The molecule has 0 unspecified atom stereocenters. The van der Waals surface area contributed by atoms with Crippen molar-refractivity contribution in [3.63, 3.8) is 0 Å². The van der Waals surface area contributed by atoms with Crippen molar-refractivity contribution in [2.45, 2.75) is 33.1 Å². The number of aryl methyl sites for hydroxylation is 2. The van der Waals surface area contributed by atoms with Crippen molar-refractivity contribution in [3.8, 4) is 5.75 Å². The van der Waals surface area contributed by atoms with Gasteiger partial charge in [0.2, 0.25) is 0 Å². The van der Waals surface area contributed by atoms with Crippen molar-refractivity contribution in [3.05, 3.63) is 23.3 Å². The fourth-order valence-electron chi connectivity index (χ4n) is 3.20. The number of nitrogens with one attached hydrogen (secondary N) is 1. The lowest BCUT2D eigenvalue weighted by atomic mass is 10.1. The van der Waals surface area contributed by atoms with E-state index in [4.69, 9.17) is 4.74 Å². The fourth-order valence-corrected chi connectivity index (χ4v) is 6.48. The molecule has 1 amide bonds. The highest BCUT2D eigenvalue weighted by Crippen LogP contribution is 2.58. The van der Waals surface area contributed by atoms with Crippen LogP contribution in [0.1, 0.15) is 30.4 Å². The van der Waals surface area contributed by atoms with E-state index >= 15 is 0 Å². The zero-order valence-electron chi connectivity index (χ0n) is 13.7. The number of ether oxygens (including phenoxy) is 1. The van der Waals surface area contributed by atoms with Crippen molar-refractivity contribution >= 4 is 18.9 Å². The Bertz CT molecular complexity index is 499. The maximum Gasteiger partial charge on any atom is 0.261 e. The SMILES string of the molecule is COc1cc(C)c(NC(=O)C[P+]2(C)CCCCC2)c(C)c1. The number of amides is 1. The highest BCUT2D eigenvalue weighted by Gasteiger charge is 2.36. The molecule has 0 radical (unpaired) electrons. The molecule has 2 rings (SSSR count). The van der Waals surface area contributed by atoms with Crippen molar-refractivity contribution in [1.82, 2.24) is 0 Å². The maximum absolute atomic E-state index is 12.4. The fraction of sp³-hybridized carbons (Fsp3) is 0.588. The summed E-state index contributed by atoms with van der Waals surface area (Å²) in [7, 11) is 0.629. The van der Waals surface area contributed by atoms with Crippen LogP contribution < -0.4 is 10.1 Å². The lowest BCUT2D eigenvalue weighted by molar-refractivity contribution is -0.113. The van der Waals surface area contributed by atoms with E-state index in [2.05, 4.69) is 12.0 Å². The lowest BCUT2D eigenvalue weighted by Gasteiger charge is -2.26. The average molecular weight is 308 g/mol. The van der Waals surface area contributed by atoms with Crippen LogP contribution >= 0.6 is 7.26 Å². The summed E-state index contributed by atoms with van der Waals surface area (Å²) in [6.07, 6.45) is 7.24. The van der Waals surface area contributed by atoms with Crippen LogP contribution in [-0.4, -0.2) is 38.2 Å². The van der Waals surface area contributed by atoms with E-state index < -0.39 is 7.26 Å². The third-order valence-electron chi connectivity index (χ3n) is 4.43. The van der Waals surface area contributed by atoms with Gasteiger partial charge in [-0.2, -0.15) is 0 Å². The van der Waals surface area contributed by atoms with Gasteiger partial charge in [0.25, 0.3) is 5.91 Å². The number of benzene rings is 1. The van der Waals surface area contributed by atoms with Gasteiger partial charge >= 0.3 is 0 Å². The molecule has 1 saturated heterocycles. The molecule has 21 heavy (non-hydrogen) atoms. The van der Waals surface area contributed by atoms with Gasteiger partial charge in [-0.05, 0) is 56.4 Å². The lowest BCUT2D eigenvalue weighted by Crippen LogP contribution is -2.23. The summed E-state index contributed by atoms with van der Waals surface area (Å²) < 4.78 is 5.27. The van der Waals surface area contributed by atoms with Crippen molar-refractivity contribution in [2.75, 3.05) is 37.6 Å². The summed E-state index contributed by atoms with van der Waals surface area (Å²) in [5.74, 6) is 1.03. The molecule has 1 fully saturated rings. The summed E-state index contributed by atoms with van der Waals surface area (Å²) in [5.41, 5.74) is 3.07. The van der Waals surface area contributed by atoms with Gasteiger partial charge in [0.15, 0.2) is 0 Å². The Morgan fingerprint density at radius 3 is 2.29 bits per heavy atom. The summed E-state index contributed by atoms with van der Waals surface area (Å²) in [6, 6.07) is 3.94. The van der Waals surface area contributed by atoms with Crippen LogP contribution in [0.15, 0.2) is 12.1 Å². The first-order valence-electron chi connectivity index (χ1n) is 7.72. The van der Waals surface area contributed by atoms with Gasteiger partial charge in [-0.25, -0.2) is 0 Å². The molecule has 1 heterocycles. The summed E-state index contributed by atoms with van der Waals surface area (Å²) >= 11 is 0. The minimum Gasteiger partial charge on any atom is -0.497 e. The maximum atomic E-state index is 12.4. The minimum atomic E-state index is -1.04. The third-order valence-corrected chi connectivity index (χ3v) is 8.27. The van der Waals surface area contributed by atoms with E-state index in [1.807, 2.05) is 26.0 Å². The molecule has 116 valence electrons. The Kier molecular flexibility index (Phi) is 5.27. The zero-order chi connectivity index (χ0) is 15.5. The molecular weight excluding hydrogens is 281 g/mol. The molecule has 4 heteroatoms. The van der Waals surface area contributed by atoms with Gasteiger partial charge in [0.05, 0.1) is 19.4 Å². The Morgan fingerprint density at radius 1 is 1.19 bits per heavy atom. The third kappa shape index (κ3) is 4.20. The summed E-state index contributed by atoms with van der Waals surface area (Å²) in [4.78, 5) is 12.4. The van der Waals surface area contributed by atoms with Gasteiger partial charge in [-0.1, -0.05) is 0 Å². The number of carbonyl (C=O) groups excluding carboxylic acids is 1. The predicted molar refractivity (Wildman–Crippen MR) is 92.4 cm³/mol. The Hall–Kier alpha value is -1.08. The van der Waals surface area contributed by atoms with E-state index in [0.29, 0.717) is 0 Å². The van der Waals surface area contributed by atoms with Crippen LogP contribution in [-0.2, 0) is 4.79 Å². The van der Waals surface area contributed by atoms with Crippen molar-refractivity contribution in [1.29, 1.82) is 0 Å². The Balaban J connectivity index is 2.06. The smallest absolute Gasteiger partial charge is 0.261 e. The Morgan fingerprint density at radius 2 is 1.76 bits per heavy atom. The molecule has 0 aliphatic carbocycles. The number of hydrogen-bond donors (Lipinski definition) is 1. The van der Waals surface area contributed by atoms with Crippen molar-refractivity contribution in [2.24, 2.45) is 0 Å². The van der Waals surface area contributed by atoms with Crippen LogP contribution in [0.3, 0.4) is 0 Å². The van der Waals surface area contributed by atoms with E-state index in [-0.39, 0.29) is 5.91 Å². The first kappa shape index (κ1) is 16.3. The van der Waals surface area contributed by atoms with E-state index in [1.165, 1.54) is 31.6 Å². The minimum absolute atomic E-state index is 0.184. The number of anilines is 1. The second-order valence-corrected chi connectivity index (χ2v) is 10.9. The van der Waals surface area contributed by atoms with Gasteiger partial charge in [-0.3, -0.25) is 4.79 Å². The van der Waals surface area contributed by atoms with Crippen LogP contribution in [0.4, 0.5) is 5.69 Å². The molecule has 0 saturated carbocycles. The second kappa shape index (κ2) is 6.79. The molecule has 1 N–H and O–H groups in total. The van der Waals surface area contributed by atoms with Gasteiger partial charge < -0.3 is 10.1 Å². The molecule has 1 aromatic rings. The molecular formula is C17H27NO2P+.